The van der Waals surface area contributed by atoms with E-state index in [2.05, 4.69) is 12.2 Å². The lowest BCUT2D eigenvalue weighted by atomic mass is 10.1. The van der Waals surface area contributed by atoms with Crippen LogP contribution in [-0.4, -0.2) is 16.6 Å². The molecule has 1 atom stereocenters. The Hall–Kier alpha value is -2.17. The van der Waals surface area contributed by atoms with E-state index in [1.54, 1.807) is 22.8 Å². The van der Waals surface area contributed by atoms with Crippen molar-refractivity contribution in [2.24, 2.45) is 0 Å². The molecular formula is C18H18ClN3O. The molecule has 0 unspecified atom stereocenters. The van der Waals surface area contributed by atoms with E-state index in [1.165, 1.54) is 0 Å². The Morgan fingerprint density at radius 1 is 1.22 bits per heavy atom. The van der Waals surface area contributed by atoms with Gasteiger partial charge in [-0.1, -0.05) is 36.7 Å². The van der Waals surface area contributed by atoms with E-state index < -0.39 is 0 Å². The summed E-state index contributed by atoms with van der Waals surface area (Å²) in [5.41, 5.74) is 1.35. The fourth-order valence-corrected chi connectivity index (χ4v) is 2.95. The Morgan fingerprint density at radius 3 is 2.70 bits per heavy atom. The van der Waals surface area contributed by atoms with Crippen LogP contribution in [0.3, 0.4) is 0 Å². The van der Waals surface area contributed by atoms with E-state index in [9.17, 15) is 4.79 Å². The van der Waals surface area contributed by atoms with Gasteiger partial charge in [0.05, 0.1) is 22.6 Å². The van der Waals surface area contributed by atoms with E-state index in [4.69, 9.17) is 16.6 Å². The highest BCUT2D eigenvalue weighted by molar-refractivity contribution is 6.30. The van der Waals surface area contributed by atoms with Gasteiger partial charge in [-0.3, -0.25) is 9.36 Å². The number of para-hydroxylation sites is 1. The summed E-state index contributed by atoms with van der Waals surface area (Å²) in [6.45, 7) is 2.06. The molecule has 0 fully saturated rings. The first-order valence-corrected chi connectivity index (χ1v) is 7.98. The maximum absolute atomic E-state index is 13.0. The van der Waals surface area contributed by atoms with Gasteiger partial charge in [0.2, 0.25) is 0 Å². The second kappa shape index (κ2) is 6.52. The topological polar surface area (TPSA) is 46.9 Å². The third kappa shape index (κ3) is 2.87. The molecule has 0 aliphatic heterocycles. The van der Waals surface area contributed by atoms with Crippen LogP contribution in [0.2, 0.25) is 5.02 Å². The molecule has 3 rings (SSSR count). The van der Waals surface area contributed by atoms with Crippen LogP contribution in [0.5, 0.6) is 0 Å². The Kier molecular flexibility index (Phi) is 4.46. The molecule has 1 N–H and O–H groups in total. The van der Waals surface area contributed by atoms with Gasteiger partial charge in [-0.2, -0.15) is 0 Å². The average molecular weight is 328 g/mol. The van der Waals surface area contributed by atoms with Crippen molar-refractivity contribution in [3.8, 4) is 5.69 Å². The van der Waals surface area contributed by atoms with Crippen LogP contribution in [-0.2, 0) is 0 Å². The number of benzene rings is 2. The minimum Gasteiger partial charge on any atom is -0.310 e. The van der Waals surface area contributed by atoms with Gasteiger partial charge in [-0.25, -0.2) is 4.98 Å². The third-order valence-corrected chi connectivity index (χ3v) is 4.17. The molecule has 0 spiro atoms. The van der Waals surface area contributed by atoms with Crippen LogP contribution in [0.15, 0.2) is 53.3 Å². The summed E-state index contributed by atoms with van der Waals surface area (Å²) >= 11 is 6.11. The Balaban J connectivity index is 2.39. The van der Waals surface area contributed by atoms with E-state index >= 15 is 0 Å². The Labute approximate surface area is 139 Å². The number of nitrogens with one attached hydrogen (secondary N) is 1. The average Bonchev–Trinajstić information content (AvgIpc) is 2.56. The molecule has 5 heteroatoms. The minimum absolute atomic E-state index is 0.0220. The Morgan fingerprint density at radius 2 is 2.00 bits per heavy atom. The lowest BCUT2D eigenvalue weighted by Gasteiger charge is -2.20. The summed E-state index contributed by atoms with van der Waals surface area (Å²) < 4.78 is 1.65. The summed E-state index contributed by atoms with van der Waals surface area (Å²) in [6.07, 6.45) is 0.821. The number of halogens is 1. The molecule has 0 aliphatic carbocycles. The molecule has 2 aromatic carbocycles. The Bertz CT molecular complexity index is 900. The molecule has 0 amide bonds. The van der Waals surface area contributed by atoms with Gasteiger partial charge < -0.3 is 5.32 Å². The van der Waals surface area contributed by atoms with E-state index in [0.29, 0.717) is 21.7 Å². The summed E-state index contributed by atoms with van der Waals surface area (Å²) in [7, 11) is 1.87. The molecular weight excluding hydrogens is 310 g/mol. The standard InChI is InChI=1S/C18H18ClN3O/c1-3-15(20-2)17-21-16-10-5-4-9-14(16)18(23)22(17)13-8-6-7-12(19)11-13/h4-11,15,20H,3H2,1-2H3/t15-/m0/s1. The van der Waals surface area contributed by atoms with Crippen molar-refractivity contribution in [2.45, 2.75) is 19.4 Å². The van der Waals surface area contributed by atoms with Crippen molar-refractivity contribution in [1.29, 1.82) is 0 Å². The fourth-order valence-electron chi connectivity index (χ4n) is 2.76. The van der Waals surface area contributed by atoms with Crippen molar-refractivity contribution in [3.63, 3.8) is 0 Å². The molecule has 23 heavy (non-hydrogen) atoms. The molecule has 0 saturated heterocycles. The highest BCUT2D eigenvalue weighted by atomic mass is 35.5. The summed E-state index contributed by atoms with van der Waals surface area (Å²) in [4.78, 5) is 17.8. The van der Waals surface area contributed by atoms with Crippen LogP contribution in [0.25, 0.3) is 16.6 Å². The zero-order valence-electron chi connectivity index (χ0n) is 13.1. The molecule has 0 radical (unpaired) electrons. The van der Waals surface area contributed by atoms with Gasteiger partial charge >= 0.3 is 0 Å². The summed E-state index contributed by atoms with van der Waals surface area (Å²) in [5, 5.41) is 4.42. The van der Waals surface area contributed by atoms with Crippen LogP contribution < -0.4 is 10.9 Å². The lowest BCUT2D eigenvalue weighted by molar-refractivity contribution is 0.529. The van der Waals surface area contributed by atoms with Crippen molar-refractivity contribution >= 4 is 22.5 Å². The third-order valence-electron chi connectivity index (χ3n) is 3.94. The number of aromatic nitrogens is 2. The number of rotatable bonds is 4. The van der Waals surface area contributed by atoms with Gasteiger partial charge in [-0.15, -0.1) is 0 Å². The zero-order chi connectivity index (χ0) is 16.4. The summed E-state index contributed by atoms with van der Waals surface area (Å²) in [6, 6.07) is 14.7. The molecule has 0 saturated carbocycles. The van der Waals surface area contributed by atoms with Gasteiger partial charge in [0.25, 0.3) is 5.56 Å². The molecule has 1 heterocycles. The first-order chi connectivity index (χ1) is 11.2. The maximum atomic E-state index is 13.0. The van der Waals surface area contributed by atoms with E-state index in [0.717, 1.165) is 12.1 Å². The predicted octanol–water partition coefficient (Wildman–Crippen LogP) is 3.71. The van der Waals surface area contributed by atoms with Crippen molar-refractivity contribution < 1.29 is 0 Å². The van der Waals surface area contributed by atoms with Crippen molar-refractivity contribution in [3.05, 3.63) is 69.7 Å². The van der Waals surface area contributed by atoms with Gasteiger partial charge in [0.15, 0.2) is 0 Å². The highest BCUT2D eigenvalue weighted by Crippen LogP contribution is 2.21. The van der Waals surface area contributed by atoms with E-state index in [1.807, 2.05) is 37.4 Å². The van der Waals surface area contributed by atoms with Gasteiger partial charge in [-0.05, 0) is 43.8 Å². The fraction of sp³-hybridized carbons (Fsp3) is 0.222. The minimum atomic E-state index is -0.0819. The van der Waals surface area contributed by atoms with Crippen LogP contribution >= 0.6 is 11.6 Å². The molecule has 3 aromatic rings. The first kappa shape index (κ1) is 15.7. The van der Waals surface area contributed by atoms with Gasteiger partial charge in [0.1, 0.15) is 5.82 Å². The van der Waals surface area contributed by atoms with Crippen LogP contribution in [0.4, 0.5) is 0 Å². The second-order valence-corrected chi connectivity index (χ2v) is 5.79. The van der Waals surface area contributed by atoms with Crippen LogP contribution in [0.1, 0.15) is 25.2 Å². The largest absolute Gasteiger partial charge is 0.310 e. The number of fused-ring (bicyclic) bond motifs is 1. The number of hydrogen-bond donors (Lipinski definition) is 1. The number of hydrogen-bond acceptors (Lipinski definition) is 3. The normalized spacial score (nSPS) is 12.5. The SMILES string of the molecule is CC[C@H](NC)c1nc2ccccc2c(=O)n1-c1cccc(Cl)c1. The number of nitrogens with zero attached hydrogens (tertiary/aromatic N) is 2. The predicted molar refractivity (Wildman–Crippen MR) is 94.4 cm³/mol. The second-order valence-electron chi connectivity index (χ2n) is 5.36. The first-order valence-electron chi connectivity index (χ1n) is 7.60. The quantitative estimate of drug-likeness (QED) is 0.794. The smallest absolute Gasteiger partial charge is 0.266 e. The monoisotopic (exact) mass is 327 g/mol. The molecule has 0 bridgehead atoms. The van der Waals surface area contributed by atoms with E-state index in [-0.39, 0.29) is 11.6 Å². The summed E-state index contributed by atoms with van der Waals surface area (Å²) in [5.74, 6) is 0.695. The molecule has 0 aliphatic rings. The maximum Gasteiger partial charge on any atom is 0.266 e. The van der Waals surface area contributed by atoms with Crippen molar-refractivity contribution in [1.82, 2.24) is 14.9 Å². The molecule has 4 nitrogen and oxygen atoms in total. The highest BCUT2D eigenvalue weighted by Gasteiger charge is 2.18. The molecule has 118 valence electrons. The zero-order valence-corrected chi connectivity index (χ0v) is 13.8. The van der Waals surface area contributed by atoms with Gasteiger partial charge in [0, 0.05) is 5.02 Å². The molecule has 1 aromatic heterocycles. The van der Waals surface area contributed by atoms with Crippen LogP contribution in [0, 0.1) is 0 Å². The van der Waals surface area contributed by atoms with Crippen molar-refractivity contribution in [2.75, 3.05) is 7.05 Å². The lowest BCUT2D eigenvalue weighted by Crippen LogP contribution is -2.29.